The van der Waals surface area contributed by atoms with Crippen LogP contribution < -0.4 is 5.73 Å². The second kappa shape index (κ2) is 5.63. The van der Waals surface area contributed by atoms with Gasteiger partial charge in [0.1, 0.15) is 0 Å². The Morgan fingerprint density at radius 1 is 1.33 bits per heavy atom. The van der Waals surface area contributed by atoms with Crippen molar-refractivity contribution in [2.75, 3.05) is 0 Å². The molecule has 0 aliphatic rings. The van der Waals surface area contributed by atoms with E-state index in [9.17, 15) is 0 Å². The van der Waals surface area contributed by atoms with Gasteiger partial charge < -0.3 is 10.3 Å². The molecule has 1 atom stereocenters. The molecule has 0 aliphatic heterocycles. The van der Waals surface area contributed by atoms with Crippen LogP contribution in [0.15, 0.2) is 33.3 Å². The molecular formula is C13H16BrN3O. The zero-order chi connectivity index (χ0) is 13.1. The third-order valence-electron chi connectivity index (χ3n) is 2.79. The summed E-state index contributed by atoms with van der Waals surface area (Å²) in [7, 11) is 0. The Morgan fingerprint density at radius 2 is 2.06 bits per heavy atom. The first-order valence-electron chi connectivity index (χ1n) is 5.89. The Bertz CT molecular complexity index is 524. The smallest absolute Gasteiger partial charge is 0.243 e. The first-order chi connectivity index (χ1) is 8.58. The van der Waals surface area contributed by atoms with Crippen LogP contribution in [-0.4, -0.2) is 10.1 Å². The van der Waals surface area contributed by atoms with Gasteiger partial charge in [0.15, 0.2) is 5.82 Å². The summed E-state index contributed by atoms with van der Waals surface area (Å²) in [5, 5.41) is 3.97. The first-order valence-corrected chi connectivity index (χ1v) is 6.68. The lowest BCUT2D eigenvalue weighted by molar-refractivity contribution is 0.322. The second-order valence-electron chi connectivity index (χ2n) is 4.59. The van der Waals surface area contributed by atoms with Crippen LogP contribution in [0.5, 0.6) is 0 Å². The molecule has 96 valence electrons. The number of nitrogens with two attached hydrogens (primary N) is 1. The number of hydrogen-bond acceptors (Lipinski definition) is 4. The third kappa shape index (κ3) is 2.97. The van der Waals surface area contributed by atoms with E-state index in [2.05, 4.69) is 26.1 Å². The van der Waals surface area contributed by atoms with Gasteiger partial charge in [-0.2, -0.15) is 4.98 Å². The standard InChI is InChI=1S/C13H16BrN3O/c1-8(2)12(15)13-16-11(17-18-13)7-9-5-3-4-6-10(9)14/h3-6,8,12H,7,15H2,1-2H3. The van der Waals surface area contributed by atoms with Crippen molar-refractivity contribution in [2.24, 2.45) is 11.7 Å². The third-order valence-corrected chi connectivity index (χ3v) is 3.57. The van der Waals surface area contributed by atoms with Gasteiger partial charge in [-0.3, -0.25) is 0 Å². The van der Waals surface area contributed by atoms with E-state index in [0.29, 0.717) is 18.1 Å². The van der Waals surface area contributed by atoms with E-state index in [0.717, 1.165) is 10.0 Å². The van der Waals surface area contributed by atoms with Crippen LogP contribution in [0.1, 0.15) is 37.2 Å². The average Bonchev–Trinajstić information content (AvgIpc) is 2.79. The molecule has 2 rings (SSSR count). The fourth-order valence-electron chi connectivity index (χ4n) is 1.57. The van der Waals surface area contributed by atoms with Gasteiger partial charge in [-0.05, 0) is 17.5 Å². The molecule has 0 amide bonds. The molecule has 0 fully saturated rings. The van der Waals surface area contributed by atoms with Crippen molar-refractivity contribution in [3.8, 4) is 0 Å². The average molecular weight is 310 g/mol. The summed E-state index contributed by atoms with van der Waals surface area (Å²) in [4.78, 5) is 4.34. The summed E-state index contributed by atoms with van der Waals surface area (Å²) >= 11 is 3.50. The molecule has 2 aromatic rings. The maximum Gasteiger partial charge on any atom is 0.243 e. The van der Waals surface area contributed by atoms with E-state index in [4.69, 9.17) is 10.3 Å². The van der Waals surface area contributed by atoms with Crippen molar-refractivity contribution in [3.05, 3.63) is 46.0 Å². The van der Waals surface area contributed by atoms with Gasteiger partial charge in [0.05, 0.1) is 6.04 Å². The Labute approximate surface area is 115 Å². The van der Waals surface area contributed by atoms with Crippen LogP contribution in [0.3, 0.4) is 0 Å². The van der Waals surface area contributed by atoms with Gasteiger partial charge >= 0.3 is 0 Å². The molecule has 2 N–H and O–H groups in total. The molecule has 4 nitrogen and oxygen atoms in total. The van der Waals surface area contributed by atoms with Gasteiger partial charge in [0, 0.05) is 10.9 Å². The predicted molar refractivity (Wildman–Crippen MR) is 73.0 cm³/mol. The topological polar surface area (TPSA) is 64.9 Å². The molecule has 0 aliphatic carbocycles. The van der Waals surface area contributed by atoms with Crippen molar-refractivity contribution in [2.45, 2.75) is 26.3 Å². The molecule has 0 radical (unpaired) electrons. The lowest BCUT2D eigenvalue weighted by Crippen LogP contribution is -2.17. The first kappa shape index (κ1) is 13.2. The van der Waals surface area contributed by atoms with Gasteiger partial charge in [0.2, 0.25) is 5.89 Å². The fraction of sp³-hybridized carbons (Fsp3) is 0.385. The summed E-state index contributed by atoms with van der Waals surface area (Å²) in [5.41, 5.74) is 7.10. The van der Waals surface area contributed by atoms with E-state index in [1.165, 1.54) is 0 Å². The second-order valence-corrected chi connectivity index (χ2v) is 5.44. The van der Waals surface area contributed by atoms with Crippen LogP contribution in [0.25, 0.3) is 0 Å². The lowest BCUT2D eigenvalue weighted by atomic mass is 10.1. The monoisotopic (exact) mass is 309 g/mol. The summed E-state index contributed by atoms with van der Waals surface area (Å²) in [5.74, 6) is 1.45. The van der Waals surface area contributed by atoms with Gasteiger partial charge in [-0.25, -0.2) is 0 Å². The molecule has 0 spiro atoms. The van der Waals surface area contributed by atoms with Gasteiger partial charge in [-0.1, -0.05) is 53.1 Å². The van der Waals surface area contributed by atoms with Crippen LogP contribution >= 0.6 is 15.9 Å². The number of halogens is 1. The molecule has 18 heavy (non-hydrogen) atoms. The number of aromatic nitrogens is 2. The highest BCUT2D eigenvalue weighted by Crippen LogP contribution is 2.20. The highest BCUT2D eigenvalue weighted by atomic mass is 79.9. The van der Waals surface area contributed by atoms with Crippen molar-refractivity contribution in [3.63, 3.8) is 0 Å². The molecule has 5 heteroatoms. The van der Waals surface area contributed by atoms with Crippen LogP contribution in [0.2, 0.25) is 0 Å². The van der Waals surface area contributed by atoms with E-state index >= 15 is 0 Å². The van der Waals surface area contributed by atoms with Crippen molar-refractivity contribution >= 4 is 15.9 Å². The number of nitrogens with zero attached hydrogens (tertiary/aromatic N) is 2. The number of hydrogen-bond donors (Lipinski definition) is 1. The Balaban J connectivity index is 2.14. The highest BCUT2D eigenvalue weighted by Gasteiger charge is 2.18. The Morgan fingerprint density at radius 3 is 2.72 bits per heavy atom. The Hall–Kier alpha value is -1.20. The minimum absolute atomic E-state index is 0.203. The van der Waals surface area contributed by atoms with Crippen LogP contribution in [0, 0.1) is 5.92 Å². The minimum Gasteiger partial charge on any atom is -0.338 e. The van der Waals surface area contributed by atoms with Crippen molar-refractivity contribution in [1.82, 2.24) is 10.1 Å². The van der Waals surface area contributed by atoms with Crippen molar-refractivity contribution in [1.29, 1.82) is 0 Å². The molecule has 1 aromatic heterocycles. The van der Waals surface area contributed by atoms with E-state index in [1.54, 1.807) is 0 Å². The Kier molecular flexibility index (Phi) is 4.14. The van der Waals surface area contributed by atoms with Crippen LogP contribution in [-0.2, 0) is 6.42 Å². The fourth-order valence-corrected chi connectivity index (χ4v) is 2.00. The number of rotatable bonds is 4. The van der Waals surface area contributed by atoms with Gasteiger partial charge in [0.25, 0.3) is 0 Å². The molecule has 1 heterocycles. The van der Waals surface area contributed by atoms with Crippen LogP contribution in [0.4, 0.5) is 0 Å². The highest BCUT2D eigenvalue weighted by molar-refractivity contribution is 9.10. The lowest BCUT2D eigenvalue weighted by Gasteiger charge is -2.09. The molecule has 1 unspecified atom stereocenters. The molecular weight excluding hydrogens is 294 g/mol. The number of benzene rings is 1. The molecule has 0 saturated heterocycles. The SMILES string of the molecule is CC(C)C(N)c1nc(Cc2ccccc2Br)no1. The quantitative estimate of drug-likeness (QED) is 0.942. The zero-order valence-corrected chi connectivity index (χ0v) is 12.0. The summed E-state index contributed by atoms with van der Waals surface area (Å²) in [6, 6.07) is 7.79. The largest absolute Gasteiger partial charge is 0.338 e. The van der Waals surface area contributed by atoms with Gasteiger partial charge in [-0.15, -0.1) is 0 Å². The summed E-state index contributed by atoms with van der Waals surface area (Å²) in [6.45, 7) is 4.06. The van der Waals surface area contributed by atoms with E-state index < -0.39 is 0 Å². The van der Waals surface area contributed by atoms with E-state index in [-0.39, 0.29) is 12.0 Å². The summed E-state index contributed by atoms with van der Waals surface area (Å²) in [6.07, 6.45) is 0.635. The van der Waals surface area contributed by atoms with Crippen molar-refractivity contribution < 1.29 is 4.52 Å². The molecule has 1 aromatic carbocycles. The predicted octanol–water partition coefficient (Wildman–Crippen LogP) is 3.08. The maximum atomic E-state index is 5.97. The molecule has 0 bridgehead atoms. The summed E-state index contributed by atoms with van der Waals surface area (Å²) < 4.78 is 6.24. The zero-order valence-electron chi connectivity index (χ0n) is 10.4. The maximum absolute atomic E-state index is 5.97. The minimum atomic E-state index is -0.203. The van der Waals surface area contributed by atoms with E-state index in [1.807, 2.05) is 38.1 Å². The normalized spacial score (nSPS) is 12.9. The molecule has 0 saturated carbocycles.